The molecule has 1 aliphatic carbocycles. The second kappa shape index (κ2) is 12.1. The van der Waals surface area contributed by atoms with E-state index in [1.54, 1.807) is 18.2 Å². The van der Waals surface area contributed by atoms with Gasteiger partial charge in [-0.15, -0.1) is 0 Å². The molecule has 0 spiro atoms. The van der Waals surface area contributed by atoms with Crippen LogP contribution in [0.25, 0.3) is 22.0 Å². The first-order chi connectivity index (χ1) is 19.3. The maximum Gasteiger partial charge on any atom is 0.263 e. The summed E-state index contributed by atoms with van der Waals surface area (Å²) in [7, 11) is -2.05. The van der Waals surface area contributed by atoms with Gasteiger partial charge in [0.15, 0.2) is 0 Å². The third-order valence-electron chi connectivity index (χ3n) is 7.49. The van der Waals surface area contributed by atoms with Crippen molar-refractivity contribution in [2.45, 2.75) is 50.0 Å². The summed E-state index contributed by atoms with van der Waals surface area (Å²) in [5, 5.41) is 7.73. The summed E-state index contributed by atoms with van der Waals surface area (Å²) in [6.45, 7) is 3.12. The number of aryl methyl sites for hydroxylation is 1. The lowest BCUT2D eigenvalue weighted by molar-refractivity contribution is 0.330. The highest BCUT2D eigenvalue weighted by molar-refractivity contribution is 7.92. The summed E-state index contributed by atoms with van der Waals surface area (Å²) >= 11 is 6.04. The van der Waals surface area contributed by atoms with Crippen LogP contribution in [0.3, 0.4) is 0 Å². The average molecular weight is 582 g/mol. The number of hydrogen-bond donors (Lipinski definition) is 3. The monoisotopic (exact) mass is 581 g/mol. The molecule has 0 amide bonds. The number of fused-ring (bicyclic) bond motifs is 1. The maximum absolute atomic E-state index is 15.1. The van der Waals surface area contributed by atoms with E-state index in [1.165, 1.54) is 37.1 Å². The van der Waals surface area contributed by atoms with E-state index >= 15 is 4.39 Å². The minimum Gasteiger partial charge on any atom is -0.351 e. The van der Waals surface area contributed by atoms with Crippen LogP contribution >= 0.6 is 11.6 Å². The van der Waals surface area contributed by atoms with Gasteiger partial charge in [0.2, 0.25) is 5.95 Å². The fourth-order valence-corrected chi connectivity index (χ4v) is 6.93. The van der Waals surface area contributed by atoms with Gasteiger partial charge in [-0.3, -0.25) is 4.72 Å². The Kier molecular flexibility index (Phi) is 8.54. The van der Waals surface area contributed by atoms with Crippen molar-refractivity contribution in [3.63, 3.8) is 0 Å². The summed E-state index contributed by atoms with van der Waals surface area (Å²) in [5.41, 5.74) is 3.17. The molecule has 0 unspecified atom stereocenters. The highest BCUT2D eigenvalue weighted by Crippen LogP contribution is 2.32. The van der Waals surface area contributed by atoms with Gasteiger partial charge in [-0.25, -0.2) is 22.8 Å². The van der Waals surface area contributed by atoms with Crippen LogP contribution in [-0.4, -0.2) is 38.0 Å². The van der Waals surface area contributed by atoms with Crippen LogP contribution in [0.1, 0.15) is 38.2 Å². The lowest BCUT2D eigenvalue weighted by atomic mass is 9.86. The fourth-order valence-electron chi connectivity index (χ4n) is 5.35. The number of rotatable bonds is 9. The largest absolute Gasteiger partial charge is 0.351 e. The van der Waals surface area contributed by atoms with E-state index in [4.69, 9.17) is 16.6 Å². The van der Waals surface area contributed by atoms with Gasteiger partial charge in [0.25, 0.3) is 10.0 Å². The van der Waals surface area contributed by atoms with Crippen molar-refractivity contribution in [3.8, 4) is 11.1 Å². The van der Waals surface area contributed by atoms with E-state index < -0.39 is 15.8 Å². The second-order valence-corrected chi connectivity index (χ2v) is 12.3. The summed E-state index contributed by atoms with van der Waals surface area (Å²) < 4.78 is 43.0. The molecule has 1 heterocycles. The number of halogens is 2. The Balaban J connectivity index is 1.36. The number of anilines is 2. The molecule has 40 heavy (non-hydrogen) atoms. The first-order valence-corrected chi connectivity index (χ1v) is 15.4. The summed E-state index contributed by atoms with van der Waals surface area (Å²) in [6.07, 6.45) is 7.13. The normalized spacial score (nSPS) is 17.6. The molecule has 1 saturated carbocycles. The lowest BCUT2D eigenvalue weighted by Gasteiger charge is -2.29. The smallest absolute Gasteiger partial charge is 0.263 e. The maximum atomic E-state index is 15.1. The molecule has 4 aromatic rings. The Morgan fingerprint density at radius 2 is 1.80 bits per heavy atom. The van der Waals surface area contributed by atoms with Crippen molar-refractivity contribution in [1.82, 2.24) is 15.3 Å². The van der Waals surface area contributed by atoms with Gasteiger partial charge in [0.1, 0.15) is 10.7 Å². The third kappa shape index (κ3) is 6.22. The molecular weight excluding hydrogens is 549 g/mol. The van der Waals surface area contributed by atoms with E-state index in [1.807, 2.05) is 25.4 Å². The van der Waals surface area contributed by atoms with Crippen molar-refractivity contribution in [3.05, 3.63) is 77.2 Å². The molecular formula is C30H33ClFN5O2S. The SMILES string of the molecule is CCc1cc(-c2ccc(NS(=O)(=O)c3ccccc3Cl)c(F)c2)cc2cnc(NC3CCC(CNC)CC3)nc12. The van der Waals surface area contributed by atoms with Gasteiger partial charge in [0.05, 0.1) is 16.2 Å². The van der Waals surface area contributed by atoms with Crippen molar-refractivity contribution in [2.24, 2.45) is 5.92 Å². The standard InChI is InChI=1S/C30H33ClFN5O2S/c1-3-20-14-22(15-23-18-34-30(36-29(20)23)35-24-11-8-19(9-12-24)17-33-2)21-10-13-27(26(32)16-21)37-40(38,39)28-7-5-4-6-25(28)31/h4-7,10,13-16,18-19,24,33,37H,3,8-9,11-12,17H2,1-2H3,(H,34,35,36). The highest BCUT2D eigenvalue weighted by Gasteiger charge is 2.22. The highest BCUT2D eigenvalue weighted by atomic mass is 35.5. The molecule has 0 bridgehead atoms. The number of nitrogens with one attached hydrogen (secondary N) is 3. The summed E-state index contributed by atoms with van der Waals surface area (Å²) in [6, 6.07) is 14.8. The Labute approximate surface area is 239 Å². The molecule has 7 nitrogen and oxygen atoms in total. The van der Waals surface area contributed by atoms with E-state index in [2.05, 4.69) is 27.3 Å². The van der Waals surface area contributed by atoms with Gasteiger partial charge in [-0.1, -0.05) is 36.7 Å². The number of benzene rings is 3. The van der Waals surface area contributed by atoms with Gasteiger partial charge in [-0.05, 0) is 105 Å². The van der Waals surface area contributed by atoms with E-state index in [0.717, 1.165) is 53.8 Å². The van der Waals surface area contributed by atoms with Gasteiger partial charge < -0.3 is 10.6 Å². The Morgan fingerprint density at radius 1 is 1.02 bits per heavy atom. The summed E-state index contributed by atoms with van der Waals surface area (Å²) in [4.78, 5) is 9.31. The zero-order valence-corrected chi connectivity index (χ0v) is 24.1. The van der Waals surface area contributed by atoms with Crippen LogP contribution < -0.4 is 15.4 Å². The van der Waals surface area contributed by atoms with Crippen molar-refractivity contribution >= 4 is 44.2 Å². The molecule has 0 saturated heterocycles. The number of aromatic nitrogens is 2. The van der Waals surface area contributed by atoms with Gasteiger partial charge >= 0.3 is 0 Å². The first-order valence-electron chi connectivity index (χ1n) is 13.6. The Hall–Kier alpha value is -3.27. The molecule has 1 fully saturated rings. The zero-order chi connectivity index (χ0) is 28.3. The summed E-state index contributed by atoms with van der Waals surface area (Å²) in [5.74, 6) is 0.673. The Bertz CT molecular complexity index is 1620. The van der Waals surface area contributed by atoms with Crippen molar-refractivity contribution in [1.29, 1.82) is 0 Å². The van der Waals surface area contributed by atoms with E-state index in [0.29, 0.717) is 17.6 Å². The predicted octanol–water partition coefficient (Wildman–Crippen LogP) is 6.64. The van der Waals surface area contributed by atoms with Crippen LogP contribution in [0, 0.1) is 11.7 Å². The molecule has 0 radical (unpaired) electrons. The average Bonchev–Trinajstić information content (AvgIpc) is 2.95. The zero-order valence-electron chi connectivity index (χ0n) is 22.5. The molecule has 5 rings (SSSR count). The van der Waals surface area contributed by atoms with Crippen molar-refractivity contribution < 1.29 is 12.8 Å². The predicted molar refractivity (Wildman–Crippen MR) is 160 cm³/mol. The van der Waals surface area contributed by atoms with Gasteiger partial charge in [-0.2, -0.15) is 0 Å². The molecule has 1 aliphatic rings. The van der Waals surface area contributed by atoms with Crippen molar-refractivity contribution in [2.75, 3.05) is 23.6 Å². The second-order valence-electron chi connectivity index (χ2n) is 10.3. The van der Waals surface area contributed by atoms with Gasteiger partial charge in [0, 0.05) is 17.6 Å². The van der Waals surface area contributed by atoms with Crippen LogP contribution in [0.2, 0.25) is 5.02 Å². The fraction of sp³-hybridized carbons (Fsp3) is 0.333. The number of nitrogens with zero attached hydrogens (tertiary/aromatic N) is 2. The molecule has 1 aromatic heterocycles. The quantitative estimate of drug-likeness (QED) is 0.205. The van der Waals surface area contributed by atoms with Crippen LogP contribution in [0.5, 0.6) is 0 Å². The minimum atomic E-state index is -4.05. The van der Waals surface area contributed by atoms with Crippen LogP contribution in [-0.2, 0) is 16.4 Å². The molecule has 3 N–H and O–H groups in total. The number of sulfonamides is 1. The molecule has 0 atom stereocenters. The Morgan fingerprint density at radius 3 is 2.50 bits per heavy atom. The van der Waals surface area contributed by atoms with E-state index in [9.17, 15) is 8.42 Å². The number of hydrogen-bond acceptors (Lipinski definition) is 6. The van der Waals surface area contributed by atoms with Crippen LogP contribution in [0.15, 0.2) is 65.7 Å². The molecule has 10 heteroatoms. The molecule has 210 valence electrons. The topological polar surface area (TPSA) is 96.0 Å². The molecule has 3 aromatic carbocycles. The van der Waals surface area contributed by atoms with Crippen LogP contribution in [0.4, 0.5) is 16.0 Å². The third-order valence-corrected chi connectivity index (χ3v) is 9.35. The minimum absolute atomic E-state index is 0.0627. The lowest BCUT2D eigenvalue weighted by Crippen LogP contribution is -2.30. The molecule has 0 aliphatic heterocycles. The van der Waals surface area contributed by atoms with E-state index in [-0.39, 0.29) is 15.6 Å². The first kappa shape index (κ1) is 28.3.